The Balaban J connectivity index is 1.58. The molecule has 0 bridgehead atoms. The lowest BCUT2D eigenvalue weighted by molar-refractivity contribution is 0.113. The lowest BCUT2D eigenvalue weighted by Crippen LogP contribution is -2.23. The molecule has 5 nitrogen and oxygen atoms in total. The molecule has 2 aromatic carbocycles. The van der Waals surface area contributed by atoms with Crippen LogP contribution >= 0.6 is 0 Å². The number of nitrogens with zero attached hydrogens (tertiary/aromatic N) is 1. The maximum atomic E-state index is 11.6. The second kappa shape index (κ2) is 7.41. The summed E-state index contributed by atoms with van der Waals surface area (Å²) in [6.07, 6.45) is 1.37. The van der Waals surface area contributed by atoms with E-state index in [0.29, 0.717) is 23.0 Å². The van der Waals surface area contributed by atoms with Gasteiger partial charge in [0.05, 0.1) is 11.6 Å². The number of aliphatic hydroxyl groups is 1. The van der Waals surface area contributed by atoms with Crippen LogP contribution in [0.2, 0.25) is 0 Å². The number of aliphatic hydroxyl groups excluding tert-OH is 1. The molecule has 1 aliphatic heterocycles. The minimum Gasteiger partial charge on any atom is -0.506 e. The van der Waals surface area contributed by atoms with Crippen LogP contribution in [-0.4, -0.2) is 26.6 Å². The van der Waals surface area contributed by atoms with Crippen molar-refractivity contribution < 1.29 is 10.2 Å². The number of rotatable bonds is 5. The number of H-pyrrole nitrogens is 1. The van der Waals surface area contributed by atoms with E-state index in [1.54, 1.807) is 12.1 Å². The second-order valence-electron chi connectivity index (χ2n) is 7.57. The van der Waals surface area contributed by atoms with E-state index >= 15 is 0 Å². The summed E-state index contributed by atoms with van der Waals surface area (Å²) in [6, 6.07) is 11.0. The fraction of sp³-hybridized carbons (Fsp3) is 0.348. The molecule has 3 N–H and O–H groups in total. The van der Waals surface area contributed by atoms with Crippen molar-refractivity contribution >= 4 is 10.9 Å². The number of benzene rings is 2. The van der Waals surface area contributed by atoms with E-state index in [-0.39, 0.29) is 11.3 Å². The lowest BCUT2D eigenvalue weighted by Gasteiger charge is -2.21. The van der Waals surface area contributed by atoms with Crippen molar-refractivity contribution in [3.63, 3.8) is 0 Å². The highest BCUT2D eigenvalue weighted by Crippen LogP contribution is 2.32. The third-order valence-corrected chi connectivity index (χ3v) is 5.77. The van der Waals surface area contributed by atoms with Gasteiger partial charge in [0.1, 0.15) is 5.75 Å². The Hall–Kier alpha value is -2.63. The van der Waals surface area contributed by atoms with Gasteiger partial charge < -0.3 is 15.2 Å². The molecule has 0 aliphatic carbocycles. The average molecular weight is 378 g/mol. The van der Waals surface area contributed by atoms with Crippen LogP contribution in [0.25, 0.3) is 10.9 Å². The Bertz CT molecular complexity index is 1050. The van der Waals surface area contributed by atoms with Crippen LogP contribution in [0, 0.1) is 0 Å². The van der Waals surface area contributed by atoms with Crippen LogP contribution in [-0.2, 0) is 25.9 Å². The Morgan fingerprint density at radius 2 is 1.68 bits per heavy atom. The van der Waals surface area contributed by atoms with Crippen molar-refractivity contribution in [3.05, 3.63) is 74.6 Å². The predicted molar refractivity (Wildman–Crippen MR) is 111 cm³/mol. The molecule has 146 valence electrons. The van der Waals surface area contributed by atoms with Gasteiger partial charge in [0.2, 0.25) is 5.56 Å². The molecule has 0 radical (unpaired) electrons. The largest absolute Gasteiger partial charge is 0.506 e. The summed E-state index contributed by atoms with van der Waals surface area (Å²) in [6.45, 7) is 6.54. The first kappa shape index (κ1) is 18.7. The SMILES string of the molecule is CCc1cc2c(cc1CC)CN(C[C@H](O)c1ccc(O)c3[nH]c(=O)ccc13)C2. The van der Waals surface area contributed by atoms with Gasteiger partial charge >= 0.3 is 0 Å². The number of aromatic nitrogens is 1. The Morgan fingerprint density at radius 3 is 2.29 bits per heavy atom. The third-order valence-electron chi connectivity index (χ3n) is 5.77. The van der Waals surface area contributed by atoms with Crippen LogP contribution < -0.4 is 5.56 Å². The smallest absolute Gasteiger partial charge is 0.248 e. The van der Waals surface area contributed by atoms with Crippen molar-refractivity contribution in [2.45, 2.75) is 45.9 Å². The minimum atomic E-state index is -0.709. The Labute approximate surface area is 164 Å². The fourth-order valence-corrected chi connectivity index (χ4v) is 4.30. The second-order valence-corrected chi connectivity index (χ2v) is 7.57. The van der Waals surface area contributed by atoms with E-state index in [9.17, 15) is 15.0 Å². The molecular weight excluding hydrogens is 352 g/mol. The normalized spacial score (nSPS) is 15.1. The van der Waals surface area contributed by atoms with Crippen LogP contribution in [0.4, 0.5) is 0 Å². The summed E-state index contributed by atoms with van der Waals surface area (Å²) in [5, 5.41) is 21.6. The van der Waals surface area contributed by atoms with Gasteiger partial charge in [-0.25, -0.2) is 0 Å². The molecule has 3 aromatic rings. The molecule has 28 heavy (non-hydrogen) atoms. The number of aromatic amines is 1. The van der Waals surface area contributed by atoms with Crippen molar-refractivity contribution in [2.24, 2.45) is 0 Å². The van der Waals surface area contributed by atoms with Crippen LogP contribution in [0.3, 0.4) is 0 Å². The molecule has 0 spiro atoms. The Morgan fingerprint density at radius 1 is 1.04 bits per heavy atom. The Kier molecular flexibility index (Phi) is 4.96. The summed E-state index contributed by atoms with van der Waals surface area (Å²) in [5.41, 5.74) is 6.33. The predicted octanol–water partition coefficient (Wildman–Crippen LogP) is 3.41. The van der Waals surface area contributed by atoms with Gasteiger partial charge in [-0.15, -0.1) is 0 Å². The van der Waals surface area contributed by atoms with Crippen LogP contribution in [0.5, 0.6) is 5.75 Å². The minimum absolute atomic E-state index is 0.0106. The molecule has 1 atom stereocenters. The number of aromatic hydroxyl groups is 1. The highest BCUT2D eigenvalue weighted by Gasteiger charge is 2.24. The maximum absolute atomic E-state index is 11.6. The van der Waals surface area contributed by atoms with E-state index in [2.05, 4.69) is 35.9 Å². The number of phenols is 1. The first-order valence-corrected chi connectivity index (χ1v) is 9.89. The van der Waals surface area contributed by atoms with Gasteiger partial charge in [0.25, 0.3) is 0 Å². The number of pyridine rings is 1. The lowest BCUT2D eigenvalue weighted by atomic mass is 9.97. The average Bonchev–Trinajstić information content (AvgIpc) is 3.08. The number of hydrogen-bond donors (Lipinski definition) is 3. The summed E-state index contributed by atoms with van der Waals surface area (Å²) >= 11 is 0. The number of aryl methyl sites for hydroxylation is 2. The molecule has 1 aliphatic rings. The molecule has 0 saturated heterocycles. The zero-order chi connectivity index (χ0) is 19.8. The topological polar surface area (TPSA) is 76.6 Å². The van der Waals surface area contributed by atoms with Crippen molar-refractivity contribution in [3.8, 4) is 5.75 Å². The standard InChI is InChI=1S/C23H26N2O3/c1-3-14-9-16-11-25(12-17(16)10-15(14)4-2)13-21(27)18-5-7-20(26)23-19(18)6-8-22(28)24-23/h5-10,21,26-27H,3-4,11-13H2,1-2H3,(H,24,28)/t21-/m0/s1. The van der Waals surface area contributed by atoms with Crippen LogP contribution in [0.1, 0.15) is 47.8 Å². The van der Waals surface area contributed by atoms with E-state index in [4.69, 9.17) is 0 Å². The summed E-state index contributed by atoms with van der Waals surface area (Å²) in [7, 11) is 0. The number of β-amino-alcohol motifs (C(OH)–C–C–N with tert-alkyl or cyclic N) is 1. The third kappa shape index (κ3) is 3.32. The number of fused-ring (bicyclic) bond motifs is 2. The monoisotopic (exact) mass is 378 g/mol. The van der Waals surface area contributed by atoms with E-state index < -0.39 is 6.10 Å². The molecule has 0 fully saturated rings. The van der Waals surface area contributed by atoms with Gasteiger partial charge in [-0.1, -0.05) is 32.0 Å². The first-order valence-electron chi connectivity index (χ1n) is 9.89. The van der Waals surface area contributed by atoms with Gasteiger partial charge in [0.15, 0.2) is 0 Å². The summed E-state index contributed by atoms with van der Waals surface area (Å²) < 4.78 is 0. The van der Waals surface area contributed by atoms with Gasteiger partial charge in [-0.3, -0.25) is 9.69 Å². The van der Waals surface area contributed by atoms with Gasteiger partial charge in [0, 0.05) is 31.1 Å². The highest BCUT2D eigenvalue weighted by molar-refractivity contribution is 5.87. The van der Waals surface area contributed by atoms with E-state index in [1.165, 1.54) is 34.4 Å². The quantitative estimate of drug-likeness (QED) is 0.636. The molecule has 0 amide bonds. The highest BCUT2D eigenvalue weighted by atomic mass is 16.3. The molecule has 1 aromatic heterocycles. The fourth-order valence-electron chi connectivity index (χ4n) is 4.30. The summed E-state index contributed by atoms with van der Waals surface area (Å²) in [4.78, 5) is 16.5. The molecule has 4 rings (SSSR count). The number of hydrogen-bond acceptors (Lipinski definition) is 4. The number of phenolic OH excluding ortho intramolecular Hbond substituents is 1. The zero-order valence-corrected chi connectivity index (χ0v) is 16.3. The van der Waals surface area contributed by atoms with Crippen molar-refractivity contribution in [1.29, 1.82) is 0 Å². The zero-order valence-electron chi connectivity index (χ0n) is 16.3. The molecule has 0 saturated carbocycles. The van der Waals surface area contributed by atoms with Gasteiger partial charge in [-0.2, -0.15) is 0 Å². The van der Waals surface area contributed by atoms with Crippen LogP contribution in [0.15, 0.2) is 41.2 Å². The maximum Gasteiger partial charge on any atom is 0.248 e. The first-order chi connectivity index (χ1) is 13.5. The van der Waals surface area contributed by atoms with E-state index in [1.807, 2.05) is 0 Å². The molecule has 0 unspecified atom stereocenters. The molecule has 2 heterocycles. The van der Waals surface area contributed by atoms with Crippen molar-refractivity contribution in [2.75, 3.05) is 6.54 Å². The molecule has 5 heteroatoms. The van der Waals surface area contributed by atoms with Gasteiger partial charge in [-0.05, 0) is 52.8 Å². The molecular formula is C23H26N2O3. The number of nitrogens with one attached hydrogen (secondary N) is 1. The summed E-state index contributed by atoms with van der Waals surface area (Å²) in [5.74, 6) is 0.0106. The van der Waals surface area contributed by atoms with Crippen molar-refractivity contribution in [1.82, 2.24) is 9.88 Å². The van der Waals surface area contributed by atoms with E-state index in [0.717, 1.165) is 25.9 Å².